The summed E-state index contributed by atoms with van der Waals surface area (Å²) in [5, 5.41) is 11.0. The number of amides is 1. The molecular weight excluding hydrogens is 238 g/mol. The maximum absolute atomic E-state index is 12.3. The molecule has 92 valence electrons. The molecule has 1 fully saturated rings. The highest BCUT2D eigenvalue weighted by molar-refractivity contribution is 7.12. The van der Waals surface area contributed by atoms with Gasteiger partial charge in [-0.15, -0.1) is 11.3 Å². The number of rotatable bonds is 2. The van der Waals surface area contributed by atoms with Gasteiger partial charge in [0.05, 0.1) is 4.88 Å². The second-order valence-electron chi connectivity index (χ2n) is 4.48. The average molecular weight is 253 g/mol. The number of aryl methyl sites for hydroxylation is 1. The quantitative estimate of drug-likeness (QED) is 0.877. The van der Waals surface area contributed by atoms with Crippen LogP contribution in [0.1, 0.15) is 28.6 Å². The molecule has 5 heteroatoms. The van der Waals surface area contributed by atoms with Crippen molar-refractivity contribution in [2.45, 2.75) is 26.3 Å². The summed E-state index contributed by atoms with van der Waals surface area (Å²) in [7, 11) is 0. The molecule has 1 aromatic rings. The summed E-state index contributed by atoms with van der Waals surface area (Å²) in [5.41, 5.74) is 0.920. The van der Waals surface area contributed by atoms with Gasteiger partial charge in [0.1, 0.15) is 6.04 Å². The highest BCUT2D eigenvalue weighted by atomic mass is 32.1. The van der Waals surface area contributed by atoms with Gasteiger partial charge >= 0.3 is 5.97 Å². The van der Waals surface area contributed by atoms with E-state index in [4.69, 9.17) is 0 Å². The van der Waals surface area contributed by atoms with Crippen molar-refractivity contribution in [3.05, 3.63) is 21.9 Å². The molecule has 1 aromatic heterocycles. The van der Waals surface area contributed by atoms with E-state index in [2.05, 4.69) is 0 Å². The number of carboxylic acid groups (broad SMARTS) is 1. The summed E-state index contributed by atoms with van der Waals surface area (Å²) >= 11 is 1.38. The fourth-order valence-electron chi connectivity index (χ4n) is 2.27. The van der Waals surface area contributed by atoms with Gasteiger partial charge in [-0.1, -0.05) is 6.92 Å². The minimum absolute atomic E-state index is 0.0247. The maximum atomic E-state index is 12.3. The van der Waals surface area contributed by atoms with E-state index in [9.17, 15) is 14.7 Å². The zero-order chi connectivity index (χ0) is 12.6. The van der Waals surface area contributed by atoms with E-state index < -0.39 is 12.0 Å². The average Bonchev–Trinajstić information content (AvgIpc) is 2.83. The van der Waals surface area contributed by atoms with Gasteiger partial charge in [0, 0.05) is 6.54 Å². The lowest BCUT2D eigenvalue weighted by atomic mass is 10.0. The maximum Gasteiger partial charge on any atom is 0.326 e. The Morgan fingerprint density at radius 1 is 1.53 bits per heavy atom. The summed E-state index contributed by atoms with van der Waals surface area (Å²) < 4.78 is 0. The van der Waals surface area contributed by atoms with Crippen molar-refractivity contribution in [3.63, 3.8) is 0 Å². The van der Waals surface area contributed by atoms with E-state index >= 15 is 0 Å². The molecular formula is C12H15NO3S. The first kappa shape index (κ1) is 12.1. The molecule has 0 bridgehead atoms. The van der Waals surface area contributed by atoms with Crippen LogP contribution < -0.4 is 0 Å². The molecule has 2 atom stereocenters. The van der Waals surface area contributed by atoms with Gasteiger partial charge in [-0.2, -0.15) is 0 Å². The zero-order valence-corrected chi connectivity index (χ0v) is 10.7. The molecule has 1 amide bonds. The smallest absolute Gasteiger partial charge is 0.326 e. The first-order chi connectivity index (χ1) is 8.02. The van der Waals surface area contributed by atoms with Crippen LogP contribution in [0.5, 0.6) is 0 Å². The Bertz CT molecular complexity index is 454. The molecule has 1 aliphatic heterocycles. The topological polar surface area (TPSA) is 57.6 Å². The van der Waals surface area contributed by atoms with Crippen molar-refractivity contribution in [1.29, 1.82) is 0 Å². The van der Waals surface area contributed by atoms with E-state index in [-0.39, 0.29) is 11.8 Å². The molecule has 4 nitrogen and oxygen atoms in total. The number of aliphatic carboxylic acids is 1. The predicted molar refractivity (Wildman–Crippen MR) is 65.3 cm³/mol. The SMILES string of the molecule is Cc1ccsc1C(=O)N1CCC(C)C1C(=O)O. The number of carbonyl (C=O) groups excluding carboxylic acids is 1. The second kappa shape index (κ2) is 4.49. The van der Waals surface area contributed by atoms with Gasteiger partial charge < -0.3 is 10.0 Å². The Labute approximate surface area is 104 Å². The number of hydrogen-bond acceptors (Lipinski definition) is 3. The zero-order valence-electron chi connectivity index (χ0n) is 9.84. The van der Waals surface area contributed by atoms with Crippen LogP contribution in [0.25, 0.3) is 0 Å². The van der Waals surface area contributed by atoms with Crippen LogP contribution in [-0.4, -0.2) is 34.5 Å². The van der Waals surface area contributed by atoms with Crippen LogP contribution >= 0.6 is 11.3 Å². The van der Waals surface area contributed by atoms with Crippen molar-refractivity contribution >= 4 is 23.2 Å². The number of hydrogen-bond donors (Lipinski definition) is 1. The molecule has 0 spiro atoms. The van der Waals surface area contributed by atoms with Crippen LogP contribution in [-0.2, 0) is 4.79 Å². The third-order valence-electron chi connectivity index (χ3n) is 3.27. The van der Waals surface area contributed by atoms with Crippen LogP contribution in [0, 0.1) is 12.8 Å². The molecule has 2 rings (SSSR count). The third kappa shape index (κ3) is 2.07. The minimum Gasteiger partial charge on any atom is -0.480 e. The van der Waals surface area contributed by atoms with Gasteiger partial charge in [0.2, 0.25) is 0 Å². The van der Waals surface area contributed by atoms with Crippen LogP contribution in [0.2, 0.25) is 0 Å². The number of carboxylic acids is 1. The van der Waals surface area contributed by atoms with Crippen molar-refractivity contribution < 1.29 is 14.7 Å². The third-order valence-corrected chi connectivity index (χ3v) is 4.27. The highest BCUT2D eigenvalue weighted by Crippen LogP contribution is 2.28. The van der Waals surface area contributed by atoms with E-state index in [1.54, 1.807) is 0 Å². The van der Waals surface area contributed by atoms with Gasteiger partial charge in [-0.25, -0.2) is 4.79 Å². The van der Waals surface area contributed by atoms with Crippen molar-refractivity contribution in [2.75, 3.05) is 6.54 Å². The van der Waals surface area contributed by atoms with E-state index in [1.165, 1.54) is 16.2 Å². The Balaban J connectivity index is 2.26. The standard InChI is InChI=1S/C12H15NO3S/c1-7-3-5-13(9(7)12(15)16)11(14)10-8(2)4-6-17-10/h4,6-7,9H,3,5H2,1-2H3,(H,15,16). The monoisotopic (exact) mass is 253 g/mol. The summed E-state index contributed by atoms with van der Waals surface area (Å²) in [4.78, 5) is 25.6. The molecule has 0 aromatic carbocycles. The fourth-order valence-corrected chi connectivity index (χ4v) is 3.15. The van der Waals surface area contributed by atoms with Gasteiger partial charge in [-0.05, 0) is 36.3 Å². The van der Waals surface area contributed by atoms with E-state index in [1.807, 2.05) is 25.3 Å². The molecule has 2 unspecified atom stereocenters. The Hall–Kier alpha value is -1.36. The lowest BCUT2D eigenvalue weighted by Gasteiger charge is -2.23. The van der Waals surface area contributed by atoms with E-state index in [0.717, 1.165) is 12.0 Å². The molecule has 0 saturated carbocycles. The highest BCUT2D eigenvalue weighted by Gasteiger charge is 2.40. The summed E-state index contributed by atoms with van der Waals surface area (Å²) in [5.74, 6) is -1.02. The molecule has 1 aliphatic rings. The Kier molecular flexibility index (Phi) is 3.19. The normalized spacial score (nSPS) is 24.0. The van der Waals surface area contributed by atoms with Crippen LogP contribution in [0.4, 0.5) is 0 Å². The summed E-state index contributed by atoms with van der Waals surface area (Å²) in [6.45, 7) is 4.29. The molecule has 0 radical (unpaired) electrons. The van der Waals surface area contributed by atoms with Crippen molar-refractivity contribution in [1.82, 2.24) is 4.90 Å². The van der Waals surface area contributed by atoms with Gasteiger partial charge in [0.15, 0.2) is 0 Å². The minimum atomic E-state index is -0.905. The number of thiophene rings is 1. The number of likely N-dealkylation sites (tertiary alicyclic amines) is 1. The van der Waals surface area contributed by atoms with Gasteiger partial charge in [-0.3, -0.25) is 4.79 Å². The molecule has 2 heterocycles. The van der Waals surface area contributed by atoms with Crippen molar-refractivity contribution in [2.24, 2.45) is 5.92 Å². The van der Waals surface area contributed by atoms with E-state index in [0.29, 0.717) is 11.4 Å². The summed E-state index contributed by atoms with van der Waals surface area (Å²) in [6.07, 6.45) is 0.757. The first-order valence-electron chi connectivity index (χ1n) is 5.60. The molecule has 0 aliphatic carbocycles. The molecule has 1 saturated heterocycles. The van der Waals surface area contributed by atoms with Crippen LogP contribution in [0.3, 0.4) is 0 Å². The fraction of sp³-hybridized carbons (Fsp3) is 0.500. The van der Waals surface area contributed by atoms with Crippen LogP contribution in [0.15, 0.2) is 11.4 Å². The molecule has 1 N–H and O–H groups in total. The summed E-state index contributed by atoms with van der Waals surface area (Å²) in [6, 6.07) is 1.21. The largest absolute Gasteiger partial charge is 0.480 e. The first-order valence-corrected chi connectivity index (χ1v) is 6.48. The Morgan fingerprint density at radius 3 is 2.76 bits per heavy atom. The second-order valence-corrected chi connectivity index (χ2v) is 5.40. The Morgan fingerprint density at radius 2 is 2.24 bits per heavy atom. The van der Waals surface area contributed by atoms with Gasteiger partial charge in [0.25, 0.3) is 5.91 Å². The number of carbonyl (C=O) groups is 2. The molecule has 17 heavy (non-hydrogen) atoms. The lowest BCUT2D eigenvalue weighted by molar-refractivity contribution is -0.142. The number of nitrogens with zero attached hydrogens (tertiary/aromatic N) is 1. The predicted octanol–water partition coefficient (Wildman–Crippen LogP) is 1.99. The lowest BCUT2D eigenvalue weighted by Crippen LogP contribution is -2.42. The van der Waals surface area contributed by atoms with Crippen molar-refractivity contribution in [3.8, 4) is 0 Å².